The van der Waals surface area contributed by atoms with E-state index in [1.165, 1.54) is 6.92 Å². The van der Waals surface area contributed by atoms with Crippen molar-refractivity contribution in [3.05, 3.63) is 0 Å². The molecule has 0 aromatic heterocycles. The quantitative estimate of drug-likeness (QED) is 0.408. The number of aliphatic hydroxyl groups is 1. The Morgan fingerprint density at radius 2 is 1.36 bits per heavy atom. The van der Waals surface area contributed by atoms with Crippen molar-refractivity contribution in [3.63, 3.8) is 0 Å². The van der Waals surface area contributed by atoms with Gasteiger partial charge in [-0.3, -0.25) is 19.2 Å². The van der Waals surface area contributed by atoms with E-state index in [9.17, 15) is 29.1 Å². The molecule has 1 heterocycles. The molecule has 0 bridgehead atoms. The summed E-state index contributed by atoms with van der Waals surface area (Å²) >= 11 is 0. The summed E-state index contributed by atoms with van der Waals surface area (Å²) in [5.41, 5.74) is 0. The molecule has 1 N–H and O–H groups in total. The van der Waals surface area contributed by atoms with E-state index in [-0.39, 0.29) is 18.6 Å². The predicted molar refractivity (Wildman–Crippen MR) is 88.4 cm³/mol. The SMILES string of the molecule is CC(=O)CCC(=O)O[C@@H]1[C@@H](OC(C)=O)[C@@H](OC(C)=O)[C@@H](COC(C)=O)O[C@H]1O. The minimum absolute atomic E-state index is 0.0802. The summed E-state index contributed by atoms with van der Waals surface area (Å²) in [7, 11) is 0. The summed E-state index contributed by atoms with van der Waals surface area (Å²) in [6.45, 7) is 4.19. The van der Waals surface area contributed by atoms with Crippen LogP contribution >= 0.6 is 0 Å². The smallest absolute Gasteiger partial charge is 0.306 e. The van der Waals surface area contributed by atoms with Gasteiger partial charge in [-0.1, -0.05) is 0 Å². The van der Waals surface area contributed by atoms with Crippen molar-refractivity contribution in [2.24, 2.45) is 0 Å². The number of carbonyl (C=O) groups excluding carboxylic acids is 5. The van der Waals surface area contributed by atoms with Gasteiger partial charge in [0, 0.05) is 27.2 Å². The van der Waals surface area contributed by atoms with E-state index in [2.05, 4.69) is 0 Å². The van der Waals surface area contributed by atoms with Crippen molar-refractivity contribution in [3.8, 4) is 0 Å². The third kappa shape index (κ3) is 7.61. The molecule has 1 saturated heterocycles. The van der Waals surface area contributed by atoms with Gasteiger partial charge >= 0.3 is 23.9 Å². The average molecular weight is 404 g/mol. The molecule has 0 aromatic carbocycles. The number of esters is 4. The maximum Gasteiger partial charge on any atom is 0.306 e. The zero-order chi connectivity index (χ0) is 21.4. The molecule has 1 fully saturated rings. The highest BCUT2D eigenvalue weighted by molar-refractivity contribution is 5.81. The molecule has 0 radical (unpaired) electrons. The third-order valence-corrected chi connectivity index (χ3v) is 3.61. The first-order valence-corrected chi connectivity index (χ1v) is 8.51. The Balaban J connectivity index is 3.07. The average Bonchev–Trinajstić information content (AvgIpc) is 2.56. The fourth-order valence-corrected chi connectivity index (χ4v) is 2.50. The number of carbonyl (C=O) groups is 5. The van der Waals surface area contributed by atoms with Crippen molar-refractivity contribution in [1.29, 1.82) is 0 Å². The van der Waals surface area contributed by atoms with Crippen LogP contribution in [-0.2, 0) is 47.7 Å². The second kappa shape index (κ2) is 10.7. The lowest BCUT2D eigenvalue weighted by Gasteiger charge is -2.42. The third-order valence-electron chi connectivity index (χ3n) is 3.61. The van der Waals surface area contributed by atoms with Gasteiger partial charge in [0.1, 0.15) is 18.5 Å². The van der Waals surface area contributed by atoms with Crippen molar-refractivity contribution in [1.82, 2.24) is 0 Å². The molecule has 1 aliphatic rings. The van der Waals surface area contributed by atoms with Crippen LogP contribution in [0.4, 0.5) is 0 Å². The first-order valence-electron chi connectivity index (χ1n) is 8.51. The van der Waals surface area contributed by atoms with Crippen LogP contribution < -0.4 is 0 Å². The van der Waals surface area contributed by atoms with Crippen molar-refractivity contribution in [2.45, 2.75) is 71.2 Å². The van der Waals surface area contributed by atoms with Gasteiger partial charge < -0.3 is 33.6 Å². The lowest BCUT2D eigenvalue weighted by molar-refractivity contribution is -0.296. The number of Topliss-reactive ketones (excluding diaryl/α,β-unsaturated/α-hetero) is 1. The van der Waals surface area contributed by atoms with E-state index >= 15 is 0 Å². The standard InChI is InChI=1S/C17H24O11/c1-8(18)5-6-13(22)28-16-15(26-11(4)21)14(25-10(3)20)12(27-17(16)23)7-24-9(2)19/h12,14-17,23H,5-7H2,1-4H3/t12-,14+,15+,16-,17-/m1/s1. The lowest BCUT2D eigenvalue weighted by atomic mass is 9.98. The zero-order valence-corrected chi connectivity index (χ0v) is 16.0. The topological polar surface area (TPSA) is 152 Å². The number of rotatable bonds is 8. The van der Waals surface area contributed by atoms with Crippen LogP contribution in [0.25, 0.3) is 0 Å². The molecule has 28 heavy (non-hydrogen) atoms. The van der Waals surface area contributed by atoms with Gasteiger partial charge in [-0.25, -0.2) is 0 Å². The Morgan fingerprint density at radius 1 is 0.786 bits per heavy atom. The van der Waals surface area contributed by atoms with Crippen LogP contribution in [0.2, 0.25) is 0 Å². The Morgan fingerprint density at radius 3 is 1.86 bits per heavy atom. The normalized spacial score (nSPS) is 26.7. The van der Waals surface area contributed by atoms with Crippen molar-refractivity contribution in [2.75, 3.05) is 6.61 Å². The van der Waals surface area contributed by atoms with Gasteiger partial charge in [0.25, 0.3) is 0 Å². The first kappa shape index (κ1) is 23.5. The minimum atomic E-state index is -1.77. The summed E-state index contributed by atoms with van der Waals surface area (Å²) in [6, 6.07) is 0. The Hall–Kier alpha value is -2.53. The van der Waals surface area contributed by atoms with Crippen LogP contribution in [-0.4, -0.2) is 72.1 Å². The molecular weight excluding hydrogens is 380 g/mol. The van der Waals surface area contributed by atoms with Crippen molar-refractivity contribution >= 4 is 29.7 Å². The predicted octanol–water partition coefficient (Wildman–Crippen LogP) is -0.589. The van der Waals surface area contributed by atoms with E-state index in [4.69, 9.17) is 23.7 Å². The van der Waals surface area contributed by atoms with Crippen LogP contribution in [0.15, 0.2) is 0 Å². The number of hydrogen-bond acceptors (Lipinski definition) is 11. The van der Waals surface area contributed by atoms with Gasteiger partial charge in [-0.2, -0.15) is 0 Å². The molecule has 11 heteroatoms. The zero-order valence-electron chi connectivity index (χ0n) is 16.0. The Bertz CT molecular complexity index is 614. The van der Waals surface area contributed by atoms with Gasteiger partial charge in [0.05, 0.1) is 6.42 Å². The van der Waals surface area contributed by atoms with E-state index in [0.29, 0.717) is 0 Å². The fourth-order valence-electron chi connectivity index (χ4n) is 2.50. The minimum Gasteiger partial charge on any atom is -0.463 e. The molecule has 5 atom stereocenters. The highest BCUT2D eigenvalue weighted by Gasteiger charge is 2.51. The molecule has 0 unspecified atom stereocenters. The summed E-state index contributed by atoms with van der Waals surface area (Å²) < 4.78 is 25.4. The Kier molecular flexibility index (Phi) is 9.00. The summed E-state index contributed by atoms with van der Waals surface area (Å²) in [6.07, 6.45) is -7.57. The number of ether oxygens (including phenoxy) is 5. The summed E-state index contributed by atoms with van der Waals surface area (Å²) in [5, 5.41) is 10.2. The highest BCUT2D eigenvalue weighted by Crippen LogP contribution is 2.28. The second-order valence-corrected chi connectivity index (χ2v) is 6.17. The second-order valence-electron chi connectivity index (χ2n) is 6.17. The highest BCUT2D eigenvalue weighted by atomic mass is 16.7. The van der Waals surface area contributed by atoms with Crippen LogP contribution in [0, 0.1) is 0 Å². The van der Waals surface area contributed by atoms with Gasteiger partial charge in [0.2, 0.25) is 0 Å². The molecular formula is C17H24O11. The largest absolute Gasteiger partial charge is 0.463 e. The molecule has 0 saturated carbocycles. The van der Waals surface area contributed by atoms with E-state index in [0.717, 1.165) is 20.8 Å². The van der Waals surface area contributed by atoms with Crippen LogP contribution in [0.5, 0.6) is 0 Å². The van der Waals surface area contributed by atoms with E-state index in [1.807, 2.05) is 0 Å². The summed E-state index contributed by atoms with van der Waals surface area (Å²) in [5.74, 6) is -3.31. The van der Waals surface area contributed by atoms with Gasteiger partial charge in [-0.15, -0.1) is 0 Å². The first-order chi connectivity index (χ1) is 13.0. The molecule has 0 spiro atoms. The molecule has 158 valence electrons. The molecule has 11 nitrogen and oxygen atoms in total. The van der Waals surface area contributed by atoms with E-state index in [1.54, 1.807) is 0 Å². The molecule has 0 aromatic rings. The van der Waals surface area contributed by atoms with E-state index < -0.39 is 61.2 Å². The molecule has 0 aliphatic carbocycles. The molecule has 0 amide bonds. The van der Waals surface area contributed by atoms with Crippen LogP contribution in [0.3, 0.4) is 0 Å². The number of hydrogen-bond donors (Lipinski definition) is 1. The summed E-state index contributed by atoms with van der Waals surface area (Å²) in [4.78, 5) is 57.0. The van der Waals surface area contributed by atoms with Crippen molar-refractivity contribution < 1.29 is 52.8 Å². The number of aliphatic hydroxyl groups excluding tert-OH is 1. The fraction of sp³-hybridized carbons (Fsp3) is 0.706. The molecule has 1 aliphatic heterocycles. The van der Waals surface area contributed by atoms with Gasteiger partial charge in [-0.05, 0) is 6.92 Å². The monoisotopic (exact) mass is 404 g/mol. The Labute approximate surface area is 161 Å². The maximum atomic E-state index is 12.0. The number of ketones is 1. The maximum absolute atomic E-state index is 12.0. The van der Waals surface area contributed by atoms with Crippen LogP contribution in [0.1, 0.15) is 40.5 Å². The molecule has 1 rings (SSSR count). The van der Waals surface area contributed by atoms with Gasteiger partial charge in [0.15, 0.2) is 24.6 Å². The lowest BCUT2D eigenvalue weighted by Crippen LogP contribution is -2.62.